The van der Waals surface area contributed by atoms with Crippen LogP contribution in [-0.2, 0) is 0 Å². The Kier molecular flexibility index (Phi) is 1.25. The Morgan fingerprint density at radius 1 is 1.45 bits per heavy atom. The van der Waals surface area contributed by atoms with Gasteiger partial charge < -0.3 is 0 Å². The van der Waals surface area contributed by atoms with Gasteiger partial charge in [-0.3, -0.25) is 0 Å². The van der Waals surface area contributed by atoms with Crippen molar-refractivity contribution in [3.63, 3.8) is 0 Å². The molecule has 0 aliphatic carbocycles. The first-order chi connectivity index (χ1) is 5.27. The Hall–Kier alpha value is -1.25. The van der Waals surface area contributed by atoms with Crippen molar-refractivity contribution in [1.29, 1.82) is 0 Å². The van der Waals surface area contributed by atoms with E-state index >= 15 is 0 Å². The van der Waals surface area contributed by atoms with E-state index in [2.05, 4.69) is 5.10 Å². The fourth-order valence-corrected chi connectivity index (χ4v) is 1.13. The lowest BCUT2D eigenvalue weighted by Crippen LogP contribution is -2.04. The van der Waals surface area contributed by atoms with E-state index in [9.17, 15) is 0 Å². The highest BCUT2D eigenvalue weighted by Gasteiger charge is 1.96. The van der Waals surface area contributed by atoms with Crippen molar-refractivity contribution in [2.45, 2.75) is 6.92 Å². The summed E-state index contributed by atoms with van der Waals surface area (Å²) >= 11 is 0. The molecule has 52 valence electrons. The molecule has 2 aromatic rings. The molecule has 2 nitrogen and oxygen atoms in total. The molecule has 2 aromatic heterocycles. The van der Waals surface area contributed by atoms with Crippen LogP contribution in [0.1, 0.15) is 5.56 Å². The van der Waals surface area contributed by atoms with Crippen LogP contribution in [0, 0.1) is 6.92 Å². The van der Waals surface area contributed by atoms with Crippen molar-refractivity contribution in [2.75, 3.05) is 0 Å². The first-order valence-electron chi connectivity index (χ1n) is 3.47. The Labute approximate surface area is 66.3 Å². The van der Waals surface area contributed by atoms with Gasteiger partial charge in [-0.05, 0) is 18.6 Å². The lowest BCUT2D eigenvalue weighted by molar-refractivity contribution is 0.967. The number of nitrogens with zero attached hydrogens (tertiary/aromatic N) is 2. The zero-order valence-electron chi connectivity index (χ0n) is 6.28. The van der Waals surface area contributed by atoms with Gasteiger partial charge in [0.15, 0.2) is 0 Å². The minimum atomic E-state index is 0.737. The van der Waals surface area contributed by atoms with Crippen LogP contribution in [0.25, 0.3) is 5.52 Å². The number of aryl methyl sites for hydroxylation is 1. The molecule has 2 radical (unpaired) electrons. The Morgan fingerprint density at radius 3 is 3.09 bits per heavy atom. The maximum atomic E-state index is 5.57. The molecule has 0 spiro atoms. The van der Waals surface area contributed by atoms with Crippen LogP contribution in [0.5, 0.6) is 0 Å². The monoisotopic (exact) mass is 142 g/mol. The molecule has 0 amide bonds. The fraction of sp³-hybridized carbons (Fsp3) is 0.125. The molecule has 0 unspecified atom stereocenters. The maximum absolute atomic E-state index is 5.57. The van der Waals surface area contributed by atoms with Crippen LogP contribution in [-0.4, -0.2) is 17.5 Å². The first kappa shape index (κ1) is 6.46. The smallest absolute Gasteiger partial charge is 0.115 e. The lowest BCUT2D eigenvalue weighted by atomic mass is 9.99. The second-order valence-electron chi connectivity index (χ2n) is 2.62. The second kappa shape index (κ2) is 2.12. The topological polar surface area (TPSA) is 17.3 Å². The van der Waals surface area contributed by atoms with Crippen LogP contribution < -0.4 is 5.46 Å². The molecule has 0 saturated heterocycles. The van der Waals surface area contributed by atoms with Crippen molar-refractivity contribution in [3.8, 4) is 0 Å². The minimum Gasteiger partial charge on any atom is -0.241 e. The highest BCUT2D eigenvalue weighted by molar-refractivity contribution is 6.32. The zero-order valence-corrected chi connectivity index (χ0v) is 6.28. The second-order valence-corrected chi connectivity index (χ2v) is 2.62. The van der Waals surface area contributed by atoms with Gasteiger partial charge in [-0.25, -0.2) is 4.52 Å². The summed E-state index contributed by atoms with van der Waals surface area (Å²) in [6, 6.07) is 3.85. The summed E-state index contributed by atoms with van der Waals surface area (Å²) in [5.74, 6) is 0. The predicted molar refractivity (Wildman–Crippen MR) is 45.3 cm³/mol. The van der Waals surface area contributed by atoms with E-state index < -0.39 is 0 Å². The summed E-state index contributed by atoms with van der Waals surface area (Å²) in [6.45, 7) is 2.03. The average molecular weight is 142 g/mol. The number of aromatic nitrogens is 2. The van der Waals surface area contributed by atoms with E-state index in [0.717, 1.165) is 11.0 Å². The summed E-state index contributed by atoms with van der Waals surface area (Å²) in [5.41, 5.74) is 3.02. The number of hydrogen-bond acceptors (Lipinski definition) is 1. The Balaban J connectivity index is 2.86. The third kappa shape index (κ3) is 0.927. The van der Waals surface area contributed by atoms with Crippen LogP contribution in [0.2, 0.25) is 0 Å². The summed E-state index contributed by atoms with van der Waals surface area (Å²) in [7, 11) is 5.57. The van der Waals surface area contributed by atoms with Crippen LogP contribution in [0.4, 0.5) is 0 Å². The van der Waals surface area contributed by atoms with Crippen LogP contribution in [0.3, 0.4) is 0 Å². The predicted octanol–water partition coefficient (Wildman–Crippen LogP) is 0.437. The van der Waals surface area contributed by atoms with Crippen molar-refractivity contribution in [3.05, 3.63) is 30.1 Å². The Bertz CT molecular complexity index is 392. The van der Waals surface area contributed by atoms with E-state index in [1.807, 2.05) is 31.5 Å². The highest BCUT2D eigenvalue weighted by atomic mass is 15.2. The number of rotatable bonds is 0. The number of pyridine rings is 1. The molecule has 0 aliphatic rings. The molecule has 0 aliphatic heterocycles. The standard InChI is InChI=1S/C8H7BN2/c1-6-4-10-11-5-7(9)2-3-8(6)11/h2-5H,1H3. The molecule has 3 heteroatoms. The van der Waals surface area contributed by atoms with Gasteiger partial charge in [0, 0.05) is 6.20 Å². The lowest BCUT2D eigenvalue weighted by Gasteiger charge is -1.94. The molecule has 0 N–H and O–H groups in total. The third-order valence-electron chi connectivity index (χ3n) is 1.73. The largest absolute Gasteiger partial charge is 0.241 e. The van der Waals surface area contributed by atoms with Crippen molar-refractivity contribution in [1.82, 2.24) is 9.61 Å². The molecule has 0 atom stereocenters. The van der Waals surface area contributed by atoms with E-state index in [1.54, 1.807) is 4.52 Å². The highest BCUT2D eigenvalue weighted by Crippen LogP contribution is 2.05. The number of fused-ring (bicyclic) bond motifs is 1. The molecule has 11 heavy (non-hydrogen) atoms. The summed E-state index contributed by atoms with van der Waals surface area (Å²) in [4.78, 5) is 0. The molecule has 0 aromatic carbocycles. The van der Waals surface area contributed by atoms with E-state index in [1.165, 1.54) is 5.56 Å². The van der Waals surface area contributed by atoms with Gasteiger partial charge in [0.1, 0.15) is 7.85 Å². The SMILES string of the molecule is [B]c1ccc2c(C)cnn2c1. The van der Waals surface area contributed by atoms with Crippen molar-refractivity contribution < 1.29 is 0 Å². The van der Waals surface area contributed by atoms with Gasteiger partial charge in [0.05, 0.1) is 11.7 Å². The summed E-state index contributed by atoms with van der Waals surface area (Å²) < 4.78 is 1.78. The third-order valence-corrected chi connectivity index (χ3v) is 1.73. The maximum Gasteiger partial charge on any atom is 0.115 e. The molecule has 0 bridgehead atoms. The van der Waals surface area contributed by atoms with E-state index in [-0.39, 0.29) is 0 Å². The minimum absolute atomic E-state index is 0.737. The van der Waals surface area contributed by atoms with Gasteiger partial charge in [-0.15, -0.1) is 0 Å². The molecule has 2 heterocycles. The van der Waals surface area contributed by atoms with E-state index in [0.29, 0.717) is 0 Å². The average Bonchev–Trinajstić information content (AvgIpc) is 2.32. The van der Waals surface area contributed by atoms with Gasteiger partial charge >= 0.3 is 0 Å². The molecule has 2 rings (SSSR count). The van der Waals surface area contributed by atoms with Gasteiger partial charge in [0.2, 0.25) is 0 Å². The molecule has 0 saturated carbocycles. The normalized spacial score (nSPS) is 10.6. The van der Waals surface area contributed by atoms with Crippen LogP contribution >= 0.6 is 0 Å². The Morgan fingerprint density at radius 2 is 2.27 bits per heavy atom. The van der Waals surface area contributed by atoms with Gasteiger partial charge in [-0.1, -0.05) is 11.5 Å². The van der Waals surface area contributed by atoms with E-state index in [4.69, 9.17) is 7.85 Å². The van der Waals surface area contributed by atoms with Crippen LogP contribution in [0.15, 0.2) is 24.5 Å². The first-order valence-corrected chi connectivity index (χ1v) is 3.47. The van der Waals surface area contributed by atoms with Gasteiger partial charge in [0.25, 0.3) is 0 Å². The number of hydrogen-bond donors (Lipinski definition) is 0. The quantitative estimate of drug-likeness (QED) is 0.487. The van der Waals surface area contributed by atoms with Crippen molar-refractivity contribution in [2.24, 2.45) is 0 Å². The molecular weight excluding hydrogens is 135 g/mol. The fourth-order valence-electron chi connectivity index (χ4n) is 1.13. The molecular formula is C8H7BN2. The molecule has 0 fully saturated rings. The summed E-state index contributed by atoms with van der Waals surface area (Å²) in [6.07, 6.45) is 3.64. The van der Waals surface area contributed by atoms with Crippen molar-refractivity contribution >= 4 is 18.8 Å². The summed E-state index contributed by atoms with van der Waals surface area (Å²) in [5, 5.41) is 4.12. The zero-order chi connectivity index (χ0) is 7.84. The van der Waals surface area contributed by atoms with Gasteiger partial charge in [-0.2, -0.15) is 5.10 Å².